The second-order valence-electron chi connectivity index (χ2n) is 7.46. The minimum absolute atomic E-state index is 0.295. The molecule has 3 heterocycles. The zero-order valence-electron chi connectivity index (χ0n) is 15.8. The zero-order chi connectivity index (χ0) is 19.9. The first-order valence-corrected chi connectivity index (χ1v) is 9.30. The molecule has 0 aliphatic carbocycles. The first-order chi connectivity index (χ1) is 13.3. The number of nitrogens with one attached hydrogen (secondary N) is 2. The van der Waals surface area contributed by atoms with E-state index in [0.717, 1.165) is 54.7 Å². The first kappa shape index (κ1) is 18.7. The molecule has 2 aromatic heterocycles. The molecule has 1 atom stereocenters. The number of aromatic nitrogens is 3. The largest absolute Gasteiger partial charge is 0.416 e. The summed E-state index contributed by atoms with van der Waals surface area (Å²) in [6.45, 7) is 3.97. The van der Waals surface area contributed by atoms with Crippen molar-refractivity contribution in [1.29, 1.82) is 0 Å². The van der Waals surface area contributed by atoms with Gasteiger partial charge in [-0.2, -0.15) is 13.2 Å². The highest BCUT2D eigenvalue weighted by molar-refractivity contribution is 5.98. The van der Waals surface area contributed by atoms with E-state index in [1.807, 2.05) is 13.0 Å². The van der Waals surface area contributed by atoms with Crippen LogP contribution in [0.4, 0.5) is 19.0 Å². The maximum atomic E-state index is 12.8. The summed E-state index contributed by atoms with van der Waals surface area (Å²) >= 11 is 0. The number of benzene rings is 1. The first-order valence-electron chi connectivity index (χ1n) is 9.30. The molecule has 0 saturated carbocycles. The van der Waals surface area contributed by atoms with Crippen LogP contribution in [0.15, 0.2) is 30.3 Å². The standard InChI is InChI=1S/C20H22F3N5/c1-12-10-16-18(24-12)17(13-5-7-14(8-6-13)20(21,22)23)26-27-19(16)25-15-4-3-9-28(2)11-15/h5-8,10,15,24H,3-4,9,11H2,1-2H3,(H,25,27)/t15-/m1/s1. The van der Waals surface area contributed by atoms with Crippen LogP contribution in [0.5, 0.6) is 0 Å². The second-order valence-corrected chi connectivity index (χ2v) is 7.46. The molecule has 0 bridgehead atoms. The Morgan fingerprint density at radius 1 is 1.18 bits per heavy atom. The molecule has 0 amide bonds. The molecule has 1 fully saturated rings. The summed E-state index contributed by atoms with van der Waals surface area (Å²) in [6.07, 6.45) is -2.17. The number of anilines is 1. The van der Waals surface area contributed by atoms with Crippen molar-refractivity contribution in [3.05, 3.63) is 41.6 Å². The van der Waals surface area contributed by atoms with Gasteiger partial charge >= 0.3 is 6.18 Å². The number of aromatic amines is 1. The summed E-state index contributed by atoms with van der Waals surface area (Å²) < 4.78 is 38.5. The molecule has 0 radical (unpaired) electrons. The van der Waals surface area contributed by atoms with Gasteiger partial charge < -0.3 is 15.2 Å². The molecule has 28 heavy (non-hydrogen) atoms. The van der Waals surface area contributed by atoms with Gasteiger partial charge in [0.05, 0.1) is 11.1 Å². The Bertz CT molecular complexity index is 978. The topological polar surface area (TPSA) is 56.8 Å². The third-order valence-corrected chi connectivity index (χ3v) is 5.15. The van der Waals surface area contributed by atoms with Crippen molar-refractivity contribution in [1.82, 2.24) is 20.1 Å². The molecule has 0 spiro atoms. The van der Waals surface area contributed by atoms with Gasteiger partial charge in [0.25, 0.3) is 0 Å². The number of aryl methyl sites for hydroxylation is 1. The zero-order valence-corrected chi connectivity index (χ0v) is 15.8. The van der Waals surface area contributed by atoms with E-state index >= 15 is 0 Å². The van der Waals surface area contributed by atoms with E-state index in [9.17, 15) is 13.2 Å². The van der Waals surface area contributed by atoms with E-state index in [1.54, 1.807) is 0 Å². The lowest BCUT2D eigenvalue weighted by Crippen LogP contribution is -2.40. The average Bonchev–Trinajstić information content (AvgIpc) is 3.03. The molecule has 148 valence electrons. The summed E-state index contributed by atoms with van der Waals surface area (Å²) in [5.74, 6) is 0.704. The van der Waals surface area contributed by atoms with E-state index in [-0.39, 0.29) is 0 Å². The van der Waals surface area contributed by atoms with E-state index < -0.39 is 11.7 Å². The number of H-pyrrole nitrogens is 1. The molecule has 3 aromatic rings. The van der Waals surface area contributed by atoms with Crippen LogP contribution in [0.3, 0.4) is 0 Å². The van der Waals surface area contributed by atoms with E-state index in [0.29, 0.717) is 23.1 Å². The number of likely N-dealkylation sites (N-methyl/N-ethyl adjacent to an activating group) is 1. The number of likely N-dealkylation sites (tertiary alicyclic amines) is 1. The summed E-state index contributed by atoms with van der Waals surface area (Å²) in [5, 5.41) is 13.1. The van der Waals surface area contributed by atoms with E-state index in [1.165, 1.54) is 12.1 Å². The molecule has 1 aliphatic rings. The van der Waals surface area contributed by atoms with Crippen LogP contribution in [0, 0.1) is 6.92 Å². The fourth-order valence-electron chi connectivity index (χ4n) is 3.77. The summed E-state index contributed by atoms with van der Waals surface area (Å²) in [6, 6.07) is 7.30. The highest BCUT2D eigenvalue weighted by atomic mass is 19.4. The Hall–Kier alpha value is -2.61. The highest BCUT2D eigenvalue weighted by Crippen LogP contribution is 2.34. The van der Waals surface area contributed by atoms with Crippen molar-refractivity contribution in [3.8, 4) is 11.3 Å². The van der Waals surface area contributed by atoms with Crippen LogP contribution in [0.25, 0.3) is 22.2 Å². The number of halogens is 3. The van der Waals surface area contributed by atoms with Crippen LogP contribution in [0.1, 0.15) is 24.1 Å². The van der Waals surface area contributed by atoms with Crippen LogP contribution in [0.2, 0.25) is 0 Å². The van der Waals surface area contributed by atoms with Crippen LogP contribution in [-0.2, 0) is 6.18 Å². The maximum absolute atomic E-state index is 12.8. The van der Waals surface area contributed by atoms with Crippen molar-refractivity contribution in [2.45, 2.75) is 32.0 Å². The highest BCUT2D eigenvalue weighted by Gasteiger charge is 2.30. The summed E-state index contributed by atoms with van der Waals surface area (Å²) in [5.41, 5.74) is 2.18. The molecule has 0 unspecified atom stereocenters. The van der Waals surface area contributed by atoms with Crippen LogP contribution >= 0.6 is 0 Å². The molecule has 1 aromatic carbocycles. The van der Waals surface area contributed by atoms with Gasteiger partial charge in [-0.15, -0.1) is 10.2 Å². The number of fused-ring (bicyclic) bond motifs is 1. The lowest BCUT2D eigenvalue weighted by Gasteiger charge is -2.30. The molecule has 2 N–H and O–H groups in total. The minimum Gasteiger partial charge on any atom is -0.364 e. The molecule has 1 aliphatic heterocycles. The van der Waals surface area contributed by atoms with E-state index in [4.69, 9.17) is 0 Å². The molecular formula is C20H22F3N5. The number of piperidine rings is 1. The fraction of sp³-hybridized carbons (Fsp3) is 0.400. The normalized spacial score (nSPS) is 18.5. The number of rotatable bonds is 3. The van der Waals surface area contributed by atoms with Gasteiger partial charge in [-0.3, -0.25) is 0 Å². The van der Waals surface area contributed by atoms with Crippen molar-refractivity contribution in [3.63, 3.8) is 0 Å². The quantitative estimate of drug-likeness (QED) is 0.695. The summed E-state index contributed by atoms with van der Waals surface area (Å²) in [4.78, 5) is 5.56. The van der Waals surface area contributed by atoms with Gasteiger partial charge in [-0.25, -0.2) is 0 Å². The predicted octanol–water partition coefficient (Wildman–Crippen LogP) is 4.46. The Labute approximate surface area is 161 Å². The Kier molecular flexibility index (Phi) is 4.74. The Morgan fingerprint density at radius 2 is 1.93 bits per heavy atom. The monoisotopic (exact) mass is 389 g/mol. The van der Waals surface area contributed by atoms with Crippen LogP contribution in [-0.4, -0.2) is 46.3 Å². The third kappa shape index (κ3) is 3.69. The van der Waals surface area contributed by atoms with Gasteiger partial charge in [-0.05, 0) is 51.6 Å². The van der Waals surface area contributed by atoms with Crippen molar-refractivity contribution < 1.29 is 13.2 Å². The molecular weight excluding hydrogens is 367 g/mol. The minimum atomic E-state index is -4.36. The van der Waals surface area contributed by atoms with Gasteiger partial charge in [0.15, 0.2) is 5.82 Å². The fourth-order valence-corrected chi connectivity index (χ4v) is 3.77. The molecule has 8 heteroatoms. The van der Waals surface area contributed by atoms with Gasteiger partial charge in [-0.1, -0.05) is 12.1 Å². The van der Waals surface area contributed by atoms with Gasteiger partial charge in [0, 0.05) is 29.2 Å². The number of hydrogen-bond acceptors (Lipinski definition) is 4. The predicted molar refractivity (Wildman–Crippen MR) is 103 cm³/mol. The molecule has 1 saturated heterocycles. The summed E-state index contributed by atoms with van der Waals surface area (Å²) in [7, 11) is 2.10. The lowest BCUT2D eigenvalue weighted by atomic mass is 10.1. The van der Waals surface area contributed by atoms with Crippen LogP contribution < -0.4 is 5.32 Å². The lowest BCUT2D eigenvalue weighted by molar-refractivity contribution is -0.137. The van der Waals surface area contributed by atoms with Gasteiger partial charge in [0.2, 0.25) is 0 Å². The Balaban J connectivity index is 1.69. The second kappa shape index (κ2) is 7.09. The SMILES string of the molecule is Cc1cc2c(N[C@@H]3CCCN(C)C3)nnc(-c3ccc(C(F)(F)F)cc3)c2[nH]1. The molecule has 5 nitrogen and oxygen atoms in total. The van der Waals surface area contributed by atoms with E-state index in [2.05, 4.69) is 32.4 Å². The van der Waals surface area contributed by atoms with Crippen molar-refractivity contribution in [2.24, 2.45) is 0 Å². The third-order valence-electron chi connectivity index (χ3n) is 5.15. The van der Waals surface area contributed by atoms with Crippen molar-refractivity contribution >= 4 is 16.7 Å². The van der Waals surface area contributed by atoms with Gasteiger partial charge in [0.1, 0.15) is 5.69 Å². The van der Waals surface area contributed by atoms with Crippen molar-refractivity contribution in [2.75, 3.05) is 25.5 Å². The maximum Gasteiger partial charge on any atom is 0.416 e. The number of hydrogen-bond donors (Lipinski definition) is 2. The smallest absolute Gasteiger partial charge is 0.364 e. The number of alkyl halides is 3. The molecule has 4 rings (SSSR count). The number of nitrogens with zero attached hydrogens (tertiary/aromatic N) is 3. The Morgan fingerprint density at radius 3 is 2.61 bits per heavy atom. The average molecular weight is 389 g/mol.